The van der Waals surface area contributed by atoms with Gasteiger partial charge in [0, 0.05) is 19.0 Å². The Morgan fingerprint density at radius 1 is 0.946 bits per heavy atom. The molecule has 2 unspecified atom stereocenters. The maximum absolute atomic E-state index is 13.8. The second kappa shape index (κ2) is 13.5. The molecule has 0 aliphatic rings. The van der Waals surface area contributed by atoms with Gasteiger partial charge in [0.1, 0.15) is 17.5 Å². The van der Waals surface area contributed by atoms with Crippen LogP contribution in [0.5, 0.6) is 11.5 Å². The third-order valence-electron chi connectivity index (χ3n) is 6.67. The van der Waals surface area contributed by atoms with E-state index in [1.54, 1.807) is 12.0 Å². The molecule has 1 N–H and O–H groups in total. The lowest BCUT2D eigenvalue weighted by Gasteiger charge is -2.32. The van der Waals surface area contributed by atoms with Gasteiger partial charge in [-0.1, -0.05) is 61.5 Å². The molecule has 0 heterocycles. The minimum Gasteiger partial charge on any atom is -0.497 e. The van der Waals surface area contributed by atoms with E-state index in [4.69, 9.17) is 9.47 Å². The van der Waals surface area contributed by atoms with Crippen LogP contribution in [0.1, 0.15) is 42.5 Å². The van der Waals surface area contributed by atoms with Gasteiger partial charge in [0.2, 0.25) is 5.91 Å². The molecular weight excluding hydrogens is 464 g/mol. The molecule has 0 spiro atoms. The Balaban J connectivity index is 1.95. The maximum atomic E-state index is 13.8. The molecule has 0 bridgehead atoms. The number of methoxy groups -OCH3 is 1. The Kier molecular flexibility index (Phi) is 10.1. The van der Waals surface area contributed by atoms with Crippen molar-refractivity contribution in [3.63, 3.8) is 0 Å². The Hall–Kier alpha value is -3.80. The number of nitrogens with one attached hydrogen (secondary N) is 1. The molecule has 0 fully saturated rings. The third kappa shape index (κ3) is 7.84. The summed E-state index contributed by atoms with van der Waals surface area (Å²) < 4.78 is 11.4. The first kappa shape index (κ1) is 27.8. The highest BCUT2D eigenvalue weighted by Crippen LogP contribution is 2.22. The number of nitrogens with zero attached hydrogens (tertiary/aromatic N) is 1. The van der Waals surface area contributed by atoms with Gasteiger partial charge in [0.25, 0.3) is 5.91 Å². The van der Waals surface area contributed by atoms with E-state index in [0.717, 1.165) is 28.7 Å². The largest absolute Gasteiger partial charge is 0.497 e. The number of aryl methyl sites for hydroxylation is 1. The molecular formula is C31H38N2O4. The van der Waals surface area contributed by atoms with Crippen molar-refractivity contribution >= 4 is 11.8 Å². The Bertz CT molecular complexity index is 1180. The standard InChI is InChI=1S/C31H38N2O4/c1-6-23(3)32-31(35)28(19-25-13-8-7-9-14-25)33(20-26-15-11-16-27(18-26)36-5)30(34)21-37-29-17-10-12-22(2)24(29)4/h7-18,23,28H,6,19-21H2,1-5H3,(H,32,35). The first-order valence-corrected chi connectivity index (χ1v) is 12.8. The van der Waals surface area contributed by atoms with Gasteiger partial charge in [-0.05, 0) is 67.6 Å². The van der Waals surface area contributed by atoms with E-state index in [0.29, 0.717) is 17.9 Å². The molecule has 0 radical (unpaired) electrons. The van der Waals surface area contributed by atoms with Crippen LogP contribution in [0.25, 0.3) is 0 Å². The summed E-state index contributed by atoms with van der Waals surface area (Å²) in [5.41, 5.74) is 3.93. The summed E-state index contributed by atoms with van der Waals surface area (Å²) in [5.74, 6) is 0.920. The summed E-state index contributed by atoms with van der Waals surface area (Å²) in [7, 11) is 1.61. The van der Waals surface area contributed by atoms with Crippen molar-refractivity contribution in [3.05, 3.63) is 95.1 Å². The normalized spacial score (nSPS) is 12.4. The van der Waals surface area contributed by atoms with Gasteiger partial charge in [-0.2, -0.15) is 0 Å². The third-order valence-corrected chi connectivity index (χ3v) is 6.67. The zero-order valence-electron chi connectivity index (χ0n) is 22.5. The van der Waals surface area contributed by atoms with Crippen LogP contribution >= 0.6 is 0 Å². The quantitative estimate of drug-likeness (QED) is 0.368. The van der Waals surface area contributed by atoms with Crippen LogP contribution in [0.15, 0.2) is 72.8 Å². The van der Waals surface area contributed by atoms with Gasteiger partial charge in [-0.15, -0.1) is 0 Å². The topological polar surface area (TPSA) is 67.9 Å². The highest BCUT2D eigenvalue weighted by molar-refractivity contribution is 5.88. The highest BCUT2D eigenvalue weighted by Gasteiger charge is 2.31. The predicted molar refractivity (Wildman–Crippen MR) is 147 cm³/mol. The molecule has 3 aromatic carbocycles. The molecule has 6 heteroatoms. The van der Waals surface area contributed by atoms with Gasteiger partial charge in [0.05, 0.1) is 7.11 Å². The van der Waals surface area contributed by atoms with Crippen LogP contribution in [0.4, 0.5) is 0 Å². The SMILES string of the molecule is CCC(C)NC(=O)C(Cc1ccccc1)N(Cc1cccc(OC)c1)C(=O)COc1cccc(C)c1C. The van der Waals surface area contributed by atoms with Crippen LogP contribution in [-0.4, -0.2) is 42.5 Å². The average molecular weight is 503 g/mol. The van der Waals surface area contributed by atoms with E-state index < -0.39 is 6.04 Å². The molecule has 6 nitrogen and oxygen atoms in total. The van der Waals surface area contributed by atoms with Gasteiger partial charge in [0.15, 0.2) is 6.61 Å². The van der Waals surface area contributed by atoms with E-state index in [2.05, 4.69) is 5.32 Å². The first-order valence-electron chi connectivity index (χ1n) is 12.8. The molecule has 0 aliphatic carbocycles. The van der Waals surface area contributed by atoms with Gasteiger partial charge in [-0.25, -0.2) is 0 Å². The second-order valence-corrected chi connectivity index (χ2v) is 9.38. The van der Waals surface area contributed by atoms with Crippen molar-refractivity contribution in [1.29, 1.82) is 0 Å². The fourth-order valence-electron chi connectivity index (χ4n) is 4.07. The van der Waals surface area contributed by atoms with Crippen LogP contribution in [0, 0.1) is 13.8 Å². The van der Waals surface area contributed by atoms with E-state index in [-0.39, 0.29) is 31.0 Å². The number of hydrogen-bond acceptors (Lipinski definition) is 4. The monoisotopic (exact) mass is 502 g/mol. The number of hydrogen-bond donors (Lipinski definition) is 1. The smallest absolute Gasteiger partial charge is 0.261 e. The van der Waals surface area contributed by atoms with Crippen molar-refractivity contribution in [3.8, 4) is 11.5 Å². The van der Waals surface area contributed by atoms with E-state index in [1.165, 1.54) is 0 Å². The first-order chi connectivity index (χ1) is 17.8. The number of rotatable bonds is 12. The molecule has 3 rings (SSSR count). The predicted octanol–water partition coefficient (Wildman–Crippen LogP) is 5.25. The molecule has 0 aliphatic heterocycles. The average Bonchev–Trinajstić information content (AvgIpc) is 2.91. The van der Waals surface area contributed by atoms with E-state index >= 15 is 0 Å². The summed E-state index contributed by atoms with van der Waals surface area (Å²) in [6.45, 7) is 8.05. The molecule has 37 heavy (non-hydrogen) atoms. The molecule has 196 valence electrons. The highest BCUT2D eigenvalue weighted by atomic mass is 16.5. The molecule has 3 aromatic rings. The van der Waals surface area contributed by atoms with Crippen molar-refractivity contribution < 1.29 is 19.1 Å². The lowest BCUT2D eigenvalue weighted by atomic mass is 10.0. The number of ether oxygens (including phenoxy) is 2. The number of carbonyl (C=O) groups is 2. The molecule has 2 amide bonds. The minimum absolute atomic E-state index is 0.00858. The maximum Gasteiger partial charge on any atom is 0.261 e. The minimum atomic E-state index is -0.711. The van der Waals surface area contributed by atoms with E-state index in [1.807, 2.05) is 100 Å². The molecule has 0 saturated carbocycles. The van der Waals surface area contributed by atoms with Crippen molar-refractivity contribution in [2.45, 2.75) is 59.2 Å². The second-order valence-electron chi connectivity index (χ2n) is 9.38. The Morgan fingerprint density at radius 3 is 2.35 bits per heavy atom. The summed E-state index contributed by atoms with van der Waals surface area (Å²) in [4.78, 5) is 29.0. The number of amides is 2. The van der Waals surface area contributed by atoms with E-state index in [9.17, 15) is 9.59 Å². The lowest BCUT2D eigenvalue weighted by molar-refractivity contribution is -0.143. The van der Waals surface area contributed by atoms with Gasteiger partial charge < -0.3 is 19.7 Å². The summed E-state index contributed by atoms with van der Waals surface area (Å²) in [6, 6.07) is 22.4. The van der Waals surface area contributed by atoms with Crippen LogP contribution < -0.4 is 14.8 Å². The fraction of sp³-hybridized carbons (Fsp3) is 0.355. The van der Waals surface area contributed by atoms with Crippen molar-refractivity contribution in [1.82, 2.24) is 10.2 Å². The Labute approximate surface area is 220 Å². The summed E-state index contributed by atoms with van der Waals surface area (Å²) in [5, 5.41) is 3.09. The zero-order valence-corrected chi connectivity index (χ0v) is 22.5. The fourth-order valence-corrected chi connectivity index (χ4v) is 4.07. The lowest BCUT2D eigenvalue weighted by Crippen LogP contribution is -2.53. The Morgan fingerprint density at radius 2 is 1.65 bits per heavy atom. The molecule has 0 saturated heterocycles. The van der Waals surface area contributed by atoms with Crippen molar-refractivity contribution in [2.24, 2.45) is 0 Å². The van der Waals surface area contributed by atoms with Gasteiger partial charge in [-0.3, -0.25) is 9.59 Å². The number of carbonyl (C=O) groups excluding carboxylic acids is 2. The molecule has 0 aromatic heterocycles. The zero-order chi connectivity index (χ0) is 26.8. The van der Waals surface area contributed by atoms with Gasteiger partial charge >= 0.3 is 0 Å². The summed E-state index contributed by atoms with van der Waals surface area (Å²) >= 11 is 0. The number of benzene rings is 3. The van der Waals surface area contributed by atoms with Crippen molar-refractivity contribution in [2.75, 3.05) is 13.7 Å². The van der Waals surface area contributed by atoms with Crippen LogP contribution in [-0.2, 0) is 22.6 Å². The van der Waals surface area contributed by atoms with Crippen LogP contribution in [0.2, 0.25) is 0 Å². The summed E-state index contributed by atoms with van der Waals surface area (Å²) in [6.07, 6.45) is 1.19. The molecule has 2 atom stereocenters. The van der Waals surface area contributed by atoms with Crippen LogP contribution in [0.3, 0.4) is 0 Å².